The molecule has 136 valence electrons. The van der Waals surface area contributed by atoms with Crippen molar-refractivity contribution in [3.63, 3.8) is 0 Å². The fourth-order valence-corrected chi connectivity index (χ4v) is 2.77. The Bertz CT molecular complexity index is 528. The van der Waals surface area contributed by atoms with Crippen LogP contribution in [0.3, 0.4) is 0 Å². The molecule has 2 N–H and O–H groups in total. The monoisotopic (exact) mass is 448 g/mol. The van der Waals surface area contributed by atoms with E-state index in [2.05, 4.69) is 27.4 Å². The molecular formula is C18H30FIN4. The summed E-state index contributed by atoms with van der Waals surface area (Å²) in [4.78, 5) is 6.72. The molecule has 0 spiro atoms. The van der Waals surface area contributed by atoms with Gasteiger partial charge in [0.05, 0.1) is 0 Å². The zero-order valence-electron chi connectivity index (χ0n) is 14.9. The number of piperidine rings is 1. The number of hydrogen-bond acceptors (Lipinski definition) is 2. The van der Waals surface area contributed by atoms with E-state index in [9.17, 15) is 4.39 Å². The number of nitrogens with one attached hydrogen (secondary N) is 2. The fraction of sp³-hybridized carbons (Fsp3) is 0.611. The van der Waals surface area contributed by atoms with E-state index in [4.69, 9.17) is 0 Å². The summed E-state index contributed by atoms with van der Waals surface area (Å²) >= 11 is 0. The molecule has 4 nitrogen and oxygen atoms in total. The van der Waals surface area contributed by atoms with Crippen molar-refractivity contribution in [2.75, 3.05) is 33.2 Å². The molecule has 1 aliphatic heterocycles. The van der Waals surface area contributed by atoms with Gasteiger partial charge in [0.1, 0.15) is 5.82 Å². The van der Waals surface area contributed by atoms with E-state index in [1.165, 1.54) is 25.9 Å². The van der Waals surface area contributed by atoms with Gasteiger partial charge in [-0.3, -0.25) is 4.99 Å². The second-order valence-corrected chi connectivity index (χ2v) is 6.46. The van der Waals surface area contributed by atoms with Crippen LogP contribution in [0.2, 0.25) is 0 Å². The van der Waals surface area contributed by atoms with Crippen LogP contribution < -0.4 is 10.6 Å². The van der Waals surface area contributed by atoms with Gasteiger partial charge in [-0.2, -0.15) is 0 Å². The number of benzene rings is 1. The predicted octanol–water partition coefficient (Wildman–Crippen LogP) is 3.15. The normalized spacial score (nSPS) is 16.6. The molecule has 0 amide bonds. The lowest BCUT2D eigenvalue weighted by Gasteiger charge is -2.30. The van der Waals surface area contributed by atoms with Crippen molar-refractivity contribution in [3.8, 4) is 0 Å². The van der Waals surface area contributed by atoms with Crippen molar-refractivity contribution in [2.45, 2.75) is 33.2 Å². The third kappa shape index (κ3) is 6.93. The predicted molar refractivity (Wildman–Crippen MR) is 110 cm³/mol. The topological polar surface area (TPSA) is 39.7 Å². The largest absolute Gasteiger partial charge is 0.355 e. The smallest absolute Gasteiger partial charge is 0.191 e. The Morgan fingerprint density at radius 2 is 2.00 bits per heavy atom. The van der Waals surface area contributed by atoms with Gasteiger partial charge in [0.2, 0.25) is 0 Å². The van der Waals surface area contributed by atoms with E-state index in [1.54, 1.807) is 26.1 Å². The summed E-state index contributed by atoms with van der Waals surface area (Å²) in [5.74, 6) is 1.46. The first-order valence-electron chi connectivity index (χ1n) is 8.50. The summed E-state index contributed by atoms with van der Waals surface area (Å²) in [6.07, 6.45) is 2.60. The summed E-state index contributed by atoms with van der Waals surface area (Å²) in [5.41, 5.74) is 1.59. The number of hydrogen-bond donors (Lipinski definition) is 2. The number of likely N-dealkylation sites (tertiary alicyclic amines) is 1. The van der Waals surface area contributed by atoms with Gasteiger partial charge in [-0.25, -0.2) is 4.39 Å². The number of aliphatic imine (C=N–C) groups is 1. The van der Waals surface area contributed by atoms with E-state index < -0.39 is 0 Å². The van der Waals surface area contributed by atoms with E-state index in [0.29, 0.717) is 12.1 Å². The maximum absolute atomic E-state index is 13.5. The second kappa shape index (κ2) is 10.9. The van der Waals surface area contributed by atoms with Crippen LogP contribution >= 0.6 is 24.0 Å². The maximum Gasteiger partial charge on any atom is 0.191 e. The minimum Gasteiger partial charge on any atom is -0.355 e. The highest BCUT2D eigenvalue weighted by Crippen LogP contribution is 2.15. The average Bonchev–Trinajstić information content (AvgIpc) is 2.55. The molecule has 2 rings (SSSR count). The summed E-state index contributed by atoms with van der Waals surface area (Å²) in [6.45, 7) is 8.96. The minimum atomic E-state index is -0.161. The quantitative estimate of drug-likeness (QED) is 0.413. The second-order valence-electron chi connectivity index (χ2n) is 6.46. The lowest BCUT2D eigenvalue weighted by Crippen LogP contribution is -2.43. The Hall–Kier alpha value is -0.890. The Balaban J connectivity index is 0.00000288. The van der Waals surface area contributed by atoms with Gasteiger partial charge in [0, 0.05) is 26.7 Å². The molecule has 0 aliphatic carbocycles. The lowest BCUT2D eigenvalue weighted by molar-refractivity contribution is 0.195. The molecule has 0 atom stereocenters. The third-order valence-electron chi connectivity index (χ3n) is 4.52. The first kappa shape index (κ1) is 21.2. The molecule has 1 aliphatic rings. The molecule has 6 heteroatoms. The van der Waals surface area contributed by atoms with Gasteiger partial charge in [-0.1, -0.05) is 19.1 Å². The van der Waals surface area contributed by atoms with E-state index in [0.717, 1.165) is 30.5 Å². The van der Waals surface area contributed by atoms with Crippen molar-refractivity contribution < 1.29 is 4.39 Å². The van der Waals surface area contributed by atoms with Crippen LogP contribution in [-0.2, 0) is 6.54 Å². The first-order chi connectivity index (χ1) is 11.1. The van der Waals surface area contributed by atoms with Gasteiger partial charge < -0.3 is 15.5 Å². The molecule has 0 bridgehead atoms. The van der Waals surface area contributed by atoms with Crippen molar-refractivity contribution in [1.29, 1.82) is 0 Å². The molecule has 1 fully saturated rings. The van der Waals surface area contributed by atoms with Gasteiger partial charge in [0.25, 0.3) is 0 Å². The third-order valence-corrected chi connectivity index (χ3v) is 4.52. The Morgan fingerprint density at radius 1 is 1.29 bits per heavy atom. The molecular weight excluding hydrogens is 418 g/mol. The number of nitrogens with zero attached hydrogens (tertiary/aromatic N) is 2. The summed E-state index contributed by atoms with van der Waals surface area (Å²) in [6, 6.07) is 5.32. The Kier molecular flexibility index (Phi) is 9.58. The van der Waals surface area contributed by atoms with Crippen LogP contribution in [0.15, 0.2) is 23.2 Å². The summed E-state index contributed by atoms with van der Waals surface area (Å²) in [7, 11) is 1.76. The van der Waals surface area contributed by atoms with Crippen molar-refractivity contribution >= 4 is 29.9 Å². The number of rotatable bonds is 5. The lowest BCUT2D eigenvalue weighted by atomic mass is 9.99. The van der Waals surface area contributed by atoms with E-state index >= 15 is 0 Å². The van der Waals surface area contributed by atoms with Crippen LogP contribution in [0.1, 0.15) is 30.9 Å². The van der Waals surface area contributed by atoms with Crippen molar-refractivity contribution in [2.24, 2.45) is 10.9 Å². The minimum absolute atomic E-state index is 0. The number of aryl methyl sites for hydroxylation is 1. The molecule has 1 aromatic rings. The molecule has 1 saturated heterocycles. The van der Waals surface area contributed by atoms with Crippen LogP contribution in [0.5, 0.6) is 0 Å². The zero-order chi connectivity index (χ0) is 16.7. The Morgan fingerprint density at radius 3 is 2.62 bits per heavy atom. The highest BCUT2D eigenvalue weighted by atomic mass is 127. The molecule has 0 radical (unpaired) electrons. The summed E-state index contributed by atoms with van der Waals surface area (Å²) < 4.78 is 13.5. The van der Waals surface area contributed by atoms with Crippen LogP contribution in [-0.4, -0.2) is 44.1 Å². The maximum atomic E-state index is 13.5. The highest BCUT2D eigenvalue weighted by molar-refractivity contribution is 14.0. The standard InChI is InChI=1S/C18H29FN4.HI/c1-14-6-9-23(10-7-14)11-8-21-18(20-3)22-13-16-5-4-15(2)17(19)12-16;/h4-5,12,14H,6-11,13H2,1-3H3,(H2,20,21,22);1H. The van der Waals surface area contributed by atoms with E-state index in [-0.39, 0.29) is 29.8 Å². The fourth-order valence-electron chi connectivity index (χ4n) is 2.77. The Labute approximate surface area is 162 Å². The van der Waals surface area contributed by atoms with Crippen LogP contribution in [0.25, 0.3) is 0 Å². The molecule has 0 saturated carbocycles. The van der Waals surface area contributed by atoms with Crippen LogP contribution in [0.4, 0.5) is 4.39 Å². The number of halogens is 2. The zero-order valence-corrected chi connectivity index (χ0v) is 17.3. The van der Waals surface area contributed by atoms with Gasteiger partial charge in [-0.15, -0.1) is 24.0 Å². The molecule has 24 heavy (non-hydrogen) atoms. The number of guanidine groups is 1. The van der Waals surface area contributed by atoms with E-state index in [1.807, 2.05) is 6.07 Å². The molecule has 0 unspecified atom stereocenters. The SMILES string of the molecule is CN=C(NCCN1CCC(C)CC1)NCc1ccc(C)c(F)c1.I. The van der Waals surface area contributed by atoms with Gasteiger partial charge in [0.15, 0.2) is 5.96 Å². The average molecular weight is 448 g/mol. The molecule has 1 heterocycles. The van der Waals surface area contributed by atoms with Crippen molar-refractivity contribution in [3.05, 3.63) is 35.1 Å². The molecule has 1 aromatic carbocycles. The highest BCUT2D eigenvalue weighted by Gasteiger charge is 2.14. The van der Waals surface area contributed by atoms with Gasteiger partial charge >= 0.3 is 0 Å². The molecule has 0 aromatic heterocycles. The van der Waals surface area contributed by atoms with Gasteiger partial charge in [-0.05, 0) is 56.0 Å². The van der Waals surface area contributed by atoms with Crippen LogP contribution in [0, 0.1) is 18.7 Å². The van der Waals surface area contributed by atoms with Crippen molar-refractivity contribution in [1.82, 2.24) is 15.5 Å². The first-order valence-corrected chi connectivity index (χ1v) is 8.50. The summed E-state index contributed by atoms with van der Waals surface area (Å²) in [5, 5.41) is 6.56.